The van der Waals surface area contributed by atoms with Gasteiger partial charge in [0, 0.05) is 19.2 Å². The molecule has 176 valence electrons. The number of anilines is 1. The van der Waals surface area contributed by atoms with Gasteiger partial charge in [-0.2, -0.15) is 4.31 Å². The number of carbonyl (C=O) groups excluding carboxylic acids is 1. The minimum absolute atomic E-state index is 0.0659. The predicted molar refractivity (Wildman–Crippen MR) is 126 cm³/mol. The van der Waals surface area contributed by atoms with Crippen LogP contribution in [0, 0.1) is 0 Å². The van der Waals surface area contributed by atoms with E-state index in [1.807, 2.05) is 13.8 Å². The SMILES string of the molecule is C/C=C/C=C/C(=O)Nc1cc(S(=O)(=O)N2CCOCC2)ccc1Oc1ccc(OCC)cc1. The molecular weight excluding hydrogens is 444 g/mol. The second-order valence-electron chi connectivity index (χ2n) is 7.06. The first-order valence-electron chi connectivity index (χ1n) is 10.7. The van der Waals surface area contributed by atoms with Crippen LogP contribution in [0.2, 0.25) is 0 Å². The molecular formula is C24H28N2O6S. The number of benzene rings is 2. The highest BCUT2D eigenvalue weighted by Gasteiger charge is 2.27. The fourth-order valence-corrected chi connectivity index (χ4v) is 4.55. The van der Waals surface area contributed by atoms with Crippen molar-refractivity contribution in [2.75, 3.05) is 38.2 Å². The van der Waals surface area contributed by atoms with Crippen molar-refractivity contribution in [3.8, 4) is 17.2 Å². The lowest BCUT2D eigenvalue weighted by Crippen LogP contribution is -2.40. The van der Waals surface area contributed by atoms with Crippen molar-refractivity contribution in [2.45, 2.75) is 18.7 Å². The Kier molecular flexibility index (Phi) is 8.65. The van der Waals surface area contributed by atoms with Gasteiger partial charge < -0.3 is 19.5 Å². The molecule has 0 radical (unpaired) electrons. The molecule has 0 atom stereocenters. The highest BCUT2D eigenvalue weighted by molar-refractivity contribution is 7.89. The Balaban J connectivity index is 1.91. The third-order valence-electron chi connectivity index (χ3n) is 4.73. The molecule has 9 heteroatoms. The van der Waals surface area contributed by atoms with E-state index in [0.29, 0.717) is 37.1 Å². The van der Waals surface area contributed by atoms with Gasteiger partial charge in [-0.3, -0.25) is 4.79 Å². The van der Waals surface area contributed by atoms with Crippen molar-refractivity contribution in [3.05, 3.63) is 66.8 Å². The van der Waals surface area contributed by atoms with Gasteiger partial charge in [0.15, 0.2) is 5.75 Å². The summed E-state index contributed by atoms with van der Waals surface area (Å²) in [6.45, 7) is 5.54. The molecule has 2 aromatic carbocycles. The topological polar surface area (TPSA) is 94.2 Å². The Morgan fingerprint density at radius 3 is 2.45 bits per heavy atom. The van der Waals surface area contributed by atoms with Crippen LogP contribution in [0.3, 0.4) is 0 Å². The molecule has 1 aliphatic heterocycles. The van der Waals surface area contributed by atoms with Crippen LogP contribution < -0.4 is 14.8 Å². The zero-order valence-electron chi connectivity index (χ0n) is 18.7. The molecule has 3 rings (SSSR count). The van der Waals surface area contributed by atoms with Gasteiger partial charge in [-0.15, -0.1) is 0 Å². The van der Waals surface area contributed by atoms with Gasteiger partial charge in [0.2, 0.25) is 15.9 Å². The molecule has 0 spiro atoms. The van der Waals surface area contributed by atoms with Gasteiger partial charge in [0.05, 0.1) is 30.4 Å². The van der Waals surface area contributed by atoms with Crippen LogP contribution >= 0.6 is 0 Å². The first kappa shape index (κ1) is 24.5. The minimum atomic E-state index is -3.74. The fourth-order valence-electron chi connectivity index (χ4n) is 3.12. The number of hydrogen-bond acceptors (Lipinski definition) is 6. The fraction of sp³-hybridized carbons (Fsp3) is 0.292. The van der Waals surface area contributed by atoms with Crippen LogP contribution in [0.25, 0.3) is 0 Å². The molecule has 1 aliphatic rings. The van der Waals surface area contributed by atoms with E-state index >= 15 is 0 Å². The monoisotopic (exact) mass is 472 g/mol. The molecule has 8 nitrogen and oxygen atoms in total. The largest absolute Gasteiger partial charge is 0.494 e. The molecule has 0 unspecified atom stereocenters. The van der Waals surface area contributed by atoms with Crippen molar-refractivity contribution < 1.29 is 27.4 Å². The second-order valence-corrected chi connectivity index (χ2v) is 8.99. The number of sulfonamides is 1. The molecule has 0 aliphatic carbocycles. The van der Waals surface area contributed by atoms with Gasteiger partial charge in [0.1, 0.15) is 11.5 Å². The van der Waals surface area contributed by atoms with E-state index in [9.17, 15) is 13.2 Å². The second kappa shape index (κ2) is 11.6. The van der Waals surface area contributed by atoms with E-state index in [4.69, 9.17) is 14.2 Å². The summed E-state index contributed by atoms with van der Waals surface area (Å²) in [5.41, 5.74) is 0.244. The van der Waals surface area contributed by atoms with Crippen molar-refractivity contribution >= 4 is 21.6 Å². The van der Waals surface area contributed by atoms with E-state index < -0.39 is 15.9 Å². The number of carbonyl (C=O) groups is 1. The number of rotatable bonds is 9. The van der Waals surface area contributed by atoms with E-state index in [2.05, 4.69) is 5.32 Å². The molecule has 1 amide bonds. The highest BCUT2D eigenvalue weighted by atomic mass is 32.2. The number of ether oxygens (including phenoxy) is 3. The maximum absolute atomic E-state index is 13.1. The summed E-state index contributed by atoms with van der Waals surface area (Å²) >= 11 is 0. The van der Waals surface area contributed by atoms with Gasteiger partial charge in [0.25, 0.3) is 0 Å². The van der Waals surface area contributed by atoms with Crippen molar-refractivity contribution in [3.63, 3.8) is 0 Å². The lowest BCUT2D eigenvalue weighted by atomic mass is 10.2. The molecule has 1 saturated heterocycles. The Hall–Kier alpha value is -3.14. The van der Waals surface area contributed by atoms with Crippen LogP contribution in [-0.4, -0.2) is 51.5 Å². The number of nitrogens with one attached hydrogen (secondary N) is 1. The number of hydrogen-bond donors (Lipinski definition) is 1. The summed E-state index contributed by atoms with van der Waals surface area (Å²) in [6, 6.07) is 11.4. The van der Waals surface area contributed by atoms with Crippen LogP contribution in [0.4, 0.5) is 5.69 Å². The van der Waals surface area contributed by atoms with Crippen LogP contribution in [-0.2, 0) is 19.6 Å². The molecule has 1 N–H and O–H groups in total. The number of allylic oxidation sites excluding steroid dienone is 3. The minimum Gasteiger partial charge on any atom is -0.494 e. The molecule has 0 aromatic heterocycles. The zero-order chi connectivity index (χ0) is 23.7. The lowest BCUT2D eigenvalue weighted by molar-refractivity contribution is -0.111. The predicted octanol–water partition coefficient (Wildman–Crippen LogP) is 3.97. The molecule has 1 heterocycles. The molecule has 1 fully saturated rings. The summed E-state index contributed by atoms with van der Waals surface area (Å²) in [6.07, 6.45) is 6.45. The summed E-state index contributed by atoms with van der Waals surface area (Å²) < 4.78 is 44.2. The molecule has 0 saturated carbocycles. The van der Waals surface area contributed by atoms with Crippen molar-refractivity contribution in [2.24, 2.45) is 0 Å². The lowest BCUT2D eigenvalue weighted by Gasteiger charge is -2.26. The van der Waals surface area contributed by atoms with Gasteiger partial charge in [-0.25, -0.2) is 8.42 Å². The maximum atomic E-state index is 13.1. The first-order valence-corrected chi connectivity index (χ1v) is 12.1. The number of amides is 1. The summed E-state index contributed by atoms with van der Waals surface area (Å²) in [5, 5.41) is 2.72. The van der Waals surface area contributed by atoms with Crippen LogP contribution in [0.15, 0.2) is 71.7 Å². The standard InChI is InChI=1S/C24H28N2O6S/c1-3-5-6-7-24(27)25-22-18-21(33(28,29)26-14-16-30-17-15-26)12-13-23(22)32-20-10-8-19(9-11-20)31-4-2/h3,5-13,18H,4,14-17H2,1-2H3,(H,25,27)/b5-3+,7-6+. The van der Waals surface area contributed by atoms with Crippen LogP contribution in [0.5, 0.6) is 17.2 Å². The number of morpholine rings is 1. The quantitative estimate of drug-likeness (QED) is 0.438. The Bertz CT molecular complexity index is 1100. The third kappa shape index (κ3) is 6.67. The average Bonchev–Trinajstić information content (AvgIpc) is 2.82. The van der Waals surface area contributed by atoms with Crippen LogP contribution in [0.1, 0.15) is 13.8 Å². The van der Waals surface area contributed by atoms with E-state index in [0.717, 1.165) is 0 Å². The zero-order valence-corrected chi connectivity index (χ0v) is 19.5. The first-order chi connectivity index (χ1) is 15.9. The molecule has 2 aromatic rings. The Morgan fingerprint density at radius 1 is 1.09 bits per heavy atom. The molecule has 33 heavy (non-hydrogen) atoms. The van der Waals surface area contributed by atoms with E-state index in [-0.39, 0.29) is 23.7 Å². The Labute approximate surface area is 194 Å². The third-order valence-corrected chi connectivity index (χ3v) is 6.63. The van der Waals surface area contributed by atoms with E-state index in [1.165, 1.54) is 28.6 Å². The number of nitrogens with zero attached hydrogens (tertiary/aromatic N) is 1. The van der Waals surface area contributed by atoms with Gasteiger partial charge in [-0.05, 0) is 56.3 Å². The summed E-state index contributed by atoms with van der Waals surface area (Å²) in [7, 11) is -3.74. The van der Waals surface area contributed by atoms with Crippen molar-refractivity contribution in [1.29, 1.82) is 0 Å². The van der Waals surface area contributed by atoms with Crippen molar-refractivity contribution in [1.82, 2.24) is 4.31 Å². The maximum Gasteiger partial charge on any atom is 0.248 e. The Morgan fingerprint density at radius 2 is 1.79 bits per heavy atom. The molecule has 0 bridgehead atoms. The summed E-state index contributed by atoms with van der Waals surface area (Å²) in [5.74, 6) is 1.13. The summed E-state index contributed by atoms with van der Waals surface area (Å²) in [4.78, 5) is 12.5. The van der Waals surface area contributed by atoms with E-state index in [1.54, 1.807) is 42.5 Å². The normalized spacial score (nSPS) is 15.1. The van der Waals surface area contributed by atoms with Gasteiger partial charge in [-0.1, -0.05) is 18.2 Å². The highest BCUT2D eigenvalue weighted by Crippen LogP contribution is 2.33. The average molecular weight is 473 g/mol. The van der Waals surface area contributed by atoms with Gasteiger partial charge >= 0.3 is 0 Å². The smallest absolute Gasteiger partial charge is 0.248 e.